The summed E-state index contributed by atoms with van der Waals surface area (Å²) in [6.45, 7) is 7.69. The minimum atomic E-state index is 0.604. The summed E-state index contributed by atoms with van der Waals surface area (Å²) in [5, 5.41) is 0. The average molecular weight is 137 g/mol. The number of nitrogens with two attached hydrogens (primary N) is 1. The largest absolute Gasteiger partial charge is 0.399 e. The van der Waals surface area contributed by atoms with Crippen molar-refractivity contribution < 1.29 is 0 Å². The van der Waals surface area contributed by atoms with Crippen molar-refractivity contribution in [2.45, 2.75) is 20.3 Å². The van der Waals surface area contributed by atoms with E-state index in [2.05, 4.69) is 19.6 Å². The van der Waals surface area contributed by atoms with Crippen LogP contribution in [0.15, 0.2) is 36.1 Å². The Morgan fingerprint density at radius 3 is 2.40 bits per heavy atom. The monoisotopic (exact) mass is 137 g/mol. The van der Waals surface area contributed by atoms with Crippen LogP contribution in [0.5, 0.6) is 0 Å². The van der Waals surface area contributed by atoms with Crippen LogP contribution in [0, 0.1) is 0 Å². The molecule has 0 aromatic heterocycles. The second-order valence-corrected chi connectivity index (χ2v) is 2.13. The van der Waals surface area contributed by atoms with Crippen LogP contribution in [0.25, 0.3) is 0 Å². The van der Waals surface area contributed by atoms with Crippen LogP contribution in [0.3, 0.4) is 0 Å². The highest BCUT2D eigenvalue weighted by Gasteiger charge is 1.82. The van der Waals surface area contributed by atoms with Crippen LogP contribution >= 0.6 is 0 Å². The molecule has 0 radical (unpaired) electrons. The van der Waals surface area contributed by atoms with Crippen LogP contribution in [-0.2, 0) is 0 Å². The molecule has 1 nitrogen and oxygen atoms in total. The standard InChI is InChI=1S/C9H15N/c1-4-9(5-2)7-6-8(3)10/h4,6-7H,3,5,10H2,1-2H3/b7-6-,9-4?. The lowest BCUT2D eigenvalue weighted by atomic mass is 10.2. The fourth-order valence-electron chi connectivity index (χ4n) is 0.632. The number of hydrogen-bond acceptors (Lipinski definition) is 1. The molecule has 0 aliphatic heterocycles. The molecule has 0 saturated carbocycles. The van der Waals surface area contributed by atoms with Gasteiger partial charge in [-0.05, 0) is 19.4 Å². The lowest BCUT2D eigenvalue weighted by Crippen LogP contribution is -1.88. The van der Waals surface area contributed by atoms with Crippen molar-refractivity contribution in [3.05, 3.63) is 36.1 Å². The summed E-state index contributed by atoms with van der Waals surface area (Å²) in [6, 6.07) is 0. The Kier molecular flexibility index (Phi) is 4.38. The second-order valence-electron chi connectivity index (χ2n) is 2.13. The van der Waals surface area contributed by atoms with Crippen molar-refractivity contribution in [1.82, 2.24) is 0 Å². The fourth-order valence-corrected chi connectivity index (χ4v) is 0.632. The van der Waals surface area contributed by atoms with E-state index >= 15 is 0 Å². The molecule has 0 amide bonds. The Balaban J connectivity index is 3.98. The van der Waals surface area contributed by atoms with Gasteiger partial charge in [-0.1, -0.05) is 31.2 Å². The lowest BCUT2D eigenvalue weighted by Gasteiger charge is -1.93. The van der Waals surface area contributed by atoms with Crippen molar-refractivity contribution in [3.8, 4) is 0 Å². The Labute approximate surface area is 62.9 Å². The highest BCUT2D eigenvalue weighted by molar-refractivity contribution is 5.23. The van der Waals surface area contributed by atoms with E-state index in [1.165, 1.54) is 5.57 Å². The Morgan fingerprint density at radius 1 is 1.50 bits per heavy atom. The van der Waals surface area contributed by atoms with Gasteiger partial charge in [0.15, 0.2) is 0 Å². The first-order valence-electron chi connectivity index (χ1n) is 3.48. The van der Waals surface area contributed by atoms with Crippen molar-refractivity contribution in [1.29, 1.82) is 0 Å². The Hall–Kier alpha value is -0.980. The van der Waals surface area contributed by atoms with Gasteiger partial charge < -0.3 is 5.73 Å². The third-order valence-corrected chi connectivity index (χ3v) is 1.29. The topological polar surface area (TPSA) is 26.0 Å². The molecule has 10 heavy (non-hydrogen) atoms. The normalized spacial score (nSPS) is 12.4. The van der Waals surface area contributed by atoms with Gasteiger partial charge in [0.25, 0.3) is 0 Å². The van der Waals surface area contributed by atoms with E-state index in [0.29, 0.717) is 5.70 Å². The van der Waals surface area contributed by atoms with Gasteiger partial charge in [0.2, 0.25) is 0 Å². The van der Waals surface area contributed by atoms with Gasteiger partial charge in [0.1, 0.15) is 0 Å². The second kappa shape index (κ2) is 4.86. The predicted molar refractivity (Wildman–Crippen MR) is 46.5 cm³/mol. The van der Waals surface area contributed by atoms with Crippen molar-refractivity contribution in [2.24, 2.45) is 5.73 Å². The van der Waals surface area contributed by atoms with Gasteiger partial charge in [-0.15, -0.1) is 0 Å². The number of rotatable bonds is 3. The predicted octanol–water partition coefficient (Wildman–Crippen LogP) is 2.37. The van der Waals surface area contributed by atoms with Crippen molar-refractivity contribution in [3.63, 3.8) is 0 Å². The zero-order valence-electron chi connectivity index (χ0n) is 6.72. The van der Waals surface area contributed by atoms with E-state index in [1.807, 2.05) is 19.1 Å². The quantitative estimate of drug-likeness (QED) is 0.594. The van der Waals surface area contributed by atoms with Gasteiger partial charge in [0.05, 0.1) is 0 Å². The maximum Gasteiger partial charge on any atom is 0.0241 e. The summed E-state index contributed by atoms with van der Waals surface area (Å²) in [5.41, 5.74) is 7.23. The number of allylic oxidation sites excluding steroid dienone is 4. The van der Waals surface area contributed by atoms with Crippen molar-refractivity contribution >= 4 is 0 Å². The maximum absolute atomic E-state index is 5.34. The summed E-state index contributed by atoms with van der Waals surface area (Å²) in [4.78, 5) is 0. The third-order valence-electron chi connectivity index (χ3n) is 1.29. The van der Waals surface area contributed by atoms with Gasteiger partial charge in [-0.25, -0.2) is 0 Å². The SMILES string of the molecule is C=C(N)/C=C\C(=CC)CC. The zero-order chi connectivity index (χ0) is 7.98. The molecular weight excluding hydrogens is 122 g/mol. The minimum Gasteiger partial charge on any atom is -0.399 e. The van der Waals surface area contributed by atoms with Gasteiger partial charge in [-0.2, -0.15) is 0 Å². The summed E-state index contributed by atoms with van der Waals surface area (Å²) in [6.07, 6.45) is 6.92. The summed E-state index contributed by atoms with van der Waals surface area (Å²) >= 11 is 0. The van der Waals surface area contributed by atoms with Crippen LogP contribution in [0.1, 0.15) is 20.3 Å². The fraction of sp³-hybridized carbons (Fsp3) is 0.333. The minimum absolute atomic E-state index is 0.604. The van der Waals surface area contributed by atoms with Gasteiger partial charge in [0, 0.05) is 5.70 Å². The summed E-state index contributed by atoms with van der Waals surface area (Å²) in [5.74, 6) is 0. The van der Waals surface area contributed by atoms with E-state index in [0.717, 1.165) is 6.42 Å². The van der Waals surface area contributed by atoms with Gasteiger partial charge >= 0.3 is 0 Å². The van der Waals surface area contributed by atoms with Crippen molar-refractivity contribution in [2.75, 3.05) is 0 Å². The first-order valence-corrected chi connectivity index (χ1v) is 3.48. The molecule has 0 atom stereocenters. The Morgan fingerprint density at radius 2 is 2.10 bits per heavy atom. The molecule has 0 bridgehead atoms. The molecule has 0 unspecified atom stereocenters. The zero-order valence-corrected chi connectivity index (χ0v) is 6.72. The molecule has 0 fully saturated rings. The molecule has 0 saturated heterocycles. The first kappa shape index (κ1) is 9.02. The van der Waals surface area contributed by atoms with Crippen LogP contribution in [0.2, 0.25) is 0 Å². The first-order chi connectivity index (χ1) is 4.70. The lowest BCUT2D eigenvalue weighted by molar-refractivity contribution is 1.14. The van der Waals surface area contributed by atoms with Crippen LogP contribution < -0.4 is 5.73 Å². The smallest absolute Gasteiger partial charge is 0.0241 e. The molecule has 2 N–H and O–H groups in total. The molecular formula is C9H15N. The van der Waals surface area contributed by atoms with Crippen LogP contribution in [0.4, 0.5) is 0 Å². The molecule has 0 heterocycles. The molecule has 0 aliphatic carbocycles. The van der Waals surface area contributed by atoms with E-state index in [-0.39, 0.29) is 0 Å². The van der Waals surface area contributed by atoms with E-state index < -0.39 is 0 Å². The molecule has 1 heteroatoms. The molecule has 0 aromatic rings. The number of hydrogen-bond donors (Lipinski definition) is 1. The van der Waals surface area contributed by atoms with E-state index in [4.69, 9.17) is 5.73 Å². The molecule has 0 rings (SSSR count). The van der Waals surface area contributed by atoms with E-state index in [9.17, 15) is 0 Å². The maximum atomic E-state index is 5.34. The molecule has 0 aliphatic rings. The average Bonchev–Trinajstić information content (AvgIpc) is 1.90. The highest BCUT2D eigenvalue weighted by Crippen LogP contribution is 2.01. The molecule has 0 aromatic carbocycles. The third kappa shape index (κ3) is 3.96. The molecule has 56 valence electrons. The van der Waals surface area contributed by atoms with E-state index in [1.54, 1.807) is 0 Å². The Bertz CT molecular complexity index is 164. The highest BCUT2D eigenvalue weighted by atomic mass is 14.5. The summed E-state index contributed by atoms with van der Waals surface area (Å²) in [7, 11) is 0. The van der Waals surface area contributed by atoms with Crippen LogP contribution in [-0.4, -0.2) is 0 Å². The van der Waals surface area contributed by atoms with Gasteiger partial charge in [-0.3, -0.25) is 0 Å². The molecule has 0 spiro atoms. The summed E-state index contributed by atoms with van der Waals surface area (Å²) < 4.78 is 0.